The molecule has 8 nitrogen and oxygen atoms in total. The molecule has 0 aliphatic heterocycles. The van der Waals surface area contributed by atoms with Crippen LogP contribution in [0.3, 0.4) is 0 Å². The van der Waals surface area contributed by atoms with Crippen molar-refractivity contribution in [3.8, 4) is 0 Å². The summed E-state index contributed by atoms with van der Waals surface area (Å²) in [7, 11) is 0. The van der Waals surface area contributed by atoms with Gasteiger partial charge >= 0.3 is 11.4 Å². The Labute approximate surface area is 204 Å². The van der Waals surface area contributed by atoms with E-state index in [0.29, 0.717) is 5.82 Å². The number of rotatable bonds is 7. The van der Waals surface area contributed by atoms with Crippen molar-refractivity contribution in [3.05, 3.63) is 115 Å². The van der Waals surface area contributed by atoms with E-state index < -0.39 is 11.4 Å². The Morgan fingerprint density at radius 2 is 1.34 bits per heavy atom. The average Bonchev–Trinajstić information content (AvgIpc) is 2.80. The summed E-state index contributed by atoms with van der Waals surface area (Å²) in [5, 5.41) is 3.16. The second-order valence-electron chi connectivity index (χ2n) is 8.94. The molecule has 2 aromatic carbocycles. The van der Waals surface area contributed by atoms with Crippen LogP contribution in [0.4, 0.5) is 11.8 Å². The fraction of sp³-hybridized carbons (Fsp3) is 0.259. The van der Waals surface area contributed by atoms with Gasteiger partial charge in [0.1, 0.15) is 5.82 Å². The van der Waals surface area contributed by atoms with Gasteiger partial charge in [0, 0.05) is 17.8 Å². The largest absolute Gasteiger partial charge is 0.383 e. The third-order valence-electron chi connectivity index (χ3n) is 6.00. The monoisotopic (exact) mass is 470 g/mol. The fourth-order valence-electron chi connectivity index (χ4n) is 3.98. The van der Waals surface area contributed by atoms with Gasteiger partial charge in [-0.05, 0) is 50.5 Å². The van der Waals surface area contributed by atoms with Crippen LogP contribution in [0.15, 0.2) is 64.2 Å². The summed E-state index contributed by atoms with van der Waals surface area (Å²) in [5.41, 5.74) is 11.7. The molecule has 0 atom stereocenters. The molecule has 0 fully saturated rings. The van der Waals surface area contributed by atoms with Crippen LogP contribution in [0.2, 0.25) is 0 Å². The topological polar surface area (TPSA) is 108 Å². The first-order valence-electron chi connectivity index (χ1n) is 11.5. The lowest BCUT2D eigenvalue weighted by molar-refractivity contribution is 0.586. The maximum Gasteiger partial charge on any atom is 0.355 e. The van der Waals surface area contributed by atoms with Gasteiger partial charge in [0.05, 0.1) is 13.1 Å². The number of pyridine rings is 1. The molecule has 0 amide bonds. The Balaban J connectivity index is 1.74. The van der Waals surface area contributed by atoms with E-state index in [9.17, 15) is 9.59 Å². The van der Waals surface area contributed by atoms with Crippen LogP contribution in [-0.4, -0.2) is 19.1 Å². The van der Waals surface area contributed by atoms with Crippen LogP contribution < -0.4 is 22.4 Å². The van der Waals surface area contributed by atoms with Gasteiger partial charge in [0.2, 0.25) is 5.95 Å². The Morgan fingerprint density at radius 1 is 0.800 bits per heavy atom. The Kier molecular flexibility index (Phi) is 6.82. The Bertz CT molecular complexity index is 1450. The van der Waals surface area contributed by atoms with Crippen molar-refractivity contribution in [3.63, 3.8) is 0 Å². The summed E-state index contributed by atoms with van der Waals surface area (Å²) in [6.07, 6.45) is 0. The van der Waals surface area contributed by atoms with Crippen LogP contribution in [0, 0.1) is 27.7 Å². The van der Waals surface area contributed by atoms with Crippen LogP contribution in [0.25, 0.3) is 0 Å². The van der Waals surface area contributed by atoms with E-state index in [4.69, 9.17) is 5.73 Å². The molecule has 8 heteroatoms. The van der Waals surface area contributed by atoms with Gasteiger partial charge in [0.25, 0.3) is 0 Å². The molecular formula is C27H30N6O2. The Morgan fingerprint density at radius 3 is 1.89 bits per heavy atom. The molecule has 0 spiro atoms. The highest BCUT2D eigenvalue weighted by Crippen LogP contribution is 2.17. The molecule has 0 aliphatic rings. The summed E-state index contributed by atoms with van der Waals surface area (Å²) in [5.74, 6) is 0.607. The molecule has 35 heavy (non-hydrogen) atoms. The number of nitrogen functional groups attached to an aromatic ring is 1. The summed E-state index contributed by atoms with van der Waals surface area (Å²) >= 11 is 0. The SMILES string of the molecule is Cc1ccc(Cn2c(NCc3c(C)cc(C)nc3N)nc(=O)n(Cc3ccc(C)cc3)c2=O)cc1. The standard InChI is InChI=1S/C27H30N6O2/c1-17-5-9-21(10-6-17)15-32-25(29-14-23-19(3)13-20(4)30-24(23)28)31-26(34)33(27(32)35)16-22-11-7-18(2)8-12-22/h5-13H,14-16H2,1-4H3,(H2,28,30)(H,29,31,34). The number of hydrogen-bond donors (Lipinski definition) is 2. The van der Waals surface area contributed by atoms with Crippen molar-refractivity contribution in [2.75, 3.05) is 11.1 Å². The Hall–Kier alpha value is -4.20. The molecule has 2 heterocycles. The fourth-order valence-corrected chi connectivity index (χ4v) is 3.98. The molecule has 2 aromatic heterocycles. The quantitative estimate of drug-likeness (QED) is 0.429. The lowest BCUT2D eigenvalue weighted by Gasteiger charge is -2.17. The first-order chi connectivity index (χ1) is 16.7. The number of nitrogens with zero attached hydrogens (tertiary/aromatic N) is 4. The smallest absolute Gasteiger partial charge is 0.355 e. The molecule has 0 saturated carbocycles. The zero-order chi connectivity index (χ0) is 25.1. The molecule has 4 rings (SSSR count). The predicted molar refractivity (Wildman–Crippen MR) is 139 cm³/mol. The minimum atomic E-state index is -0.607. The number of nitrogens with one attached hydrogen (secondary N) is 1. The highest BCUT2D eigenvalue weighted by Gasteiger charge is 2.15. The predicted octanol–water partition coefficient (Wildman–Crippen LogP) is 3.32. The van der Waals surface area contributed by atoms with Crippen molar-refractivity contribution in [1.82, 2.24) is 19.1 Å². The molecular weight excluding hydrogens is 440 g/mol. The van der Waals surface area contributed by atoms with E-state index >= 15 is 0 Å². The van der Waals surface area contributed by atoms with E-state index in [2.05, 4.69) is 15.3 Å². The zero-order valence-corrected chi connectivity index (χ0v) is 20.5. The van der Waals surface area contributed by atoms with E-state index in [0.717, 1.165) is 43.6 Å². The second-order valence-corrected chi connectivity index (χ2v) is 8.94. The van der Waals surface area contributed by atoms with Crippen molar-refractivity contribution >= 4 is 11.8 Å². The van der Waals surface area contributed by atoms with Crippen LogP contribution in [-0.2, 0) is 19.6 Å². The second kappa shape index (κ2) is 9.97. The number of aryl methyl sites for hydroxylation is 4. The lowest BCUT2D eigenvalue weighted by atomic mass is 10.1. The van der Waals surface area contributed by atoms with Crippen molar-refractivity contribution in [1.29, 1.82) is 0 Å². The molecule has 0 radical (unpaired) electrons. The molecule has 0 unspecified atom stereocenters. The van der Waals surface area contributed by atoms with E-state index in [1.165, 1.54) is 4.57 Å². The summed E-state index contributed by atoms with van der Waals surface area (Å²) in [6.45, 7) is 8.53. The first kappa shape index (κ1) is 23.9. The number of nitrogens with two attached hydrogens (primary N) is 1. The van der Waals surface area contributed by atoms with Gasteiger partial charge in [-0.15, -0.1) is 0 Å². The zero-order valence-electron chi connectivity index (χ0n) is 20.5. The normalized spacial score (nSPS) is 11.0. The minimum Gasteiger partial charge on any atom is -0.383 e. The highest BCUT2D eigenvalue weighted by atomic mass is 16.2. The third-order valence-corrected chi connectivity index (χ3v) is 6.00. The highest BCUT2D eigenvalue weighted by molar-refractivity contribution is 5.47. The van der Waals surface area contributed by atoms with E-state index in [1.807, 2.05) is 82.3 Å². The maximum absolute atomic E-state index is 13.6. The summed E-state index contributed by atoms with van der Waals surface area (Å²) in [6, 6.07) is 17.6. The molecule has 0 bridgehead atoms. The van der Waals surface area contributed by atoms with Crippen LogP contribution in [0.5, 0.6) is 0 Å². The van der Waals surface area contributed by atoms with Gasteiger partial charge < -0.3 is 11.1 Å². The van der Waals surface area contributed by atoms with Crippen molar-refractivity contribution in [2.45, 2.75) is 47.3 Å². The van der Waals surface area contributed by atoms with Crippen LogP contribution >= 0.6 is 0 Å². The average molecular weight is 471 g/mol. The van der Waals surface area contributed by atoms with Gasteiger partial charge in [-0.25, -0.2) is 19.1 Å². The number of benzene rings is 2. The number of aromatic nitrogens is 4. The lowest BCUT2D eigenvalue weighted by Crippen LogP contribution is -2.43. The third kappa shape index (κ3) is 5.48. The van der Waals surface area contributed by atoms with Gasteiger partial charge in [-0.1, -0.05) is 59.7 Å². The number of hydrogen-bond acceptors (Lipinski definition) is 6. The summed E-state index contributed by atoms with van der Waals surface area (Å²) < 4.78 is 2.66. The maximum atomic E-state index is 13.6. The van der Waals surface area contributed by atoms with E-state index in [1.54, 1.807) is 0 Å². The molecule has 4 aromatic rings. The molecule has 0 saturated heterocycles. The van der Waals surface area contributed by atoms with Gasteiger partial charge in [-0.2, -0.15) is 4.98 Å². The van der Waals surface area contributed by atoms with Gasteiger partial charge in [0.15, 0.2) is 0 Å². The van der Waals surface area contributed by atoms with E-state index in [-0.39, 0.29) is 25.6 Å². The molecule has 0 aliphatic carbocycles. The van der Waals surface area contributed by atoms with Gasteiger partial charge in [-0.3, -0.25) is 4.57 Å². The summed E-state index contributed by atoms with van der Waals surface area (Å²) in [4.78, 5) is 35.1. The van der Waals surface area contributed by atoms with Crippen molar-refractivity contribution in [2.24, 2.45) is 0 Å². The van der Waals surface area contributed by atoms with Crippen LogP contribution in [0.1, 0.15) is 39.1 Å². The number of anilines is 2. The molecule has 3 N–H and O–H groups in total. The first-order valence-corrected chi connectivity index (χ1v) is 11.5. The minimum absolute atomic E-state index is 0.146. The van der Waals surface area contributed by atoms with Crippen molar-refractivity contribution < 1.29 is 0 Å². The molecule has 180 valence electrons.